The van der Waals surface area contributed by atoms with E-state index in [9.17, 15) is 0 Å². The Morgan fingerprint density at radius 1 is 0.439 bits per heavy atom. The fourth-order valence-corrected chi connectivity index (χ4v) is 13.0. The molecular weight excluding hydrogens is 809 g/mol. The lowest BCUT2D eigenvalue weighted by Crippen LogP contribution is -2.30. The molecule has 4 rings (SSSR count). The molecule has 0 saturated carbocycles. The van der Waals surface area contributed by atoms with Crippen molar-refractivity contribution in [3.05, 3.63) is 57.6 Å². The fraction of sp³-hybridized carbons (Fsp3) is 0.806. The van der Waals surface area contributed by atoms with E-state index in [1.165, 1.54) is 46.2 Å². The van der Waals surface area contributed by atoms with Gasteiger partial charge in [-0.2, -0.15) is 0 Å². The van der Waals surface area contributed by atoms with Gasteiger partial charge in [-0.25, -0.2) is 0 Å². The fourth-order valence-electron chi connectivity index (χ4n) is 13.0. The number of ether oxygens (including phenoxy) is 4. The van der Waals surface area contributed by atoms with Crippen LogP contribution in [0, 0.1) is 33.5 Å². The standard InChI is InChI=1S/C62H106O4/c1-23-45(51-37-65-51)27-25-31-63-53-47(59(15,16)39-55(3,4)5)33-43(34-48(53)60(17,18)40-56(6,7)8)29-30-44-35-49(61(19,20)41-57(9,10)11)54(50(36-44)62(21,22)42-58(12,13)14)64-32-26-28-46(24-2)52-38-66-52/h33-36,45-46,51-52H,23-32,37-42H2,1-22H3. The number of epoxide rings is 2. The zero-order valence-corrected chi connectivity index (χ0v) is 47.6. The zero-order chi connectivity index (χ0) is 49.9. The molecule has 4 heteroatoms. The van der Waals surface area contributed by atoms with Crippen LogP contribution in [0.5, 0.6) is 11.5 Å². The van der Waals surface area contributed by atoms with E-state index in [4.69, 9.17) is 18.9 Å². The molecule has 4 unspecified atom stereocenters. The third-order valence-corrected chi connectivity index (χ3v) is 14.6. The molecule has 378 valence electrons. The van der Waals surface area contributed by atoms with Crippen LogP contribution in [0.3, 0.4) is 0 Å². The molecule has 66 heavy (non-hydrogen) atoms. The van der Waals surface area contributed by atoms with Gasteiger partial charge >= 0.3 is 0 Å². The Kier molecular flexibility index (Phi) is 18.4. The predicted molar refractivity (Wildman–Crippen MR) is 285 cm³/mol. The molecule has 2 heterocycles. The highest BCUT2D eigenvalue weighted by Gasteiger charge is 2.39. The third kappa shape index (κ3) is 17.4. The molecule has 0 amide bonds. The number of rotatable bonds is 25. The molecule has 2 aliphatic heterocycles. The van der Waals surface area contributed by atoms with E-state index in [1.54, 1.807) is 0 Å². The Bertz CT molecular complexity index is 1610. The number of hydrogen-bond acceptors (Lipinski definition) is 4. The van der Waals surface area contributed by atoms with Crippen LogP contribution in [0.4, 0.5) is 0 Å². The summed E-state index contributed by atoms with van der Waals surface area (Å²) in [5.74, 6) is 3.55. The minimum Gasteiger partial charge on any atom is -0.493 e. The molecule has 2 aromatic rings. The summed E-state index contributed by atoms with van der Waals surface area (Å²) in [6.45, 7) is 56.4. The topological polar surface area (TPSA) is 43.5 Å². The van der Waals surface area contributed by atoms with Gasteiger partial charge < -0.3 is 18.9 Å². The van der Waals surface area contributed by atoms with Gasteiger partial charge in [0.1, 0.15) is 11.5 Å². The maximum Gasteiger partial charge on any atom is 0.126 e. The lowest BCUT2D eigenvalue weighted by Gasteiger charge is -2.39. The van der Waals surface area contributed by atoms with Gasteiger partial charge in [-0.15, -0.1) is 0 Å². The van der Waals surface area contributed by atoms with Gasteiger partial charge in [0.05, 0.1) is 38.6 Å². The van der Waals surface area contributed by atoms with Gasteiger partial charge in [0.2, 0.25) is 0 Å². The average Bonchev–Trinajstić information content (AvgIpc) is 4.06. The Morgan fingerprint density at radius 2 is 0.682 bits per heavy atom. The zero-order valence-electron chi connectivity index (χ0n) is 47.6. The van der Waals surface area contributed by atoms with Crippen LogP contribution in [0.25, 0.3) is 0 Å². The minimum absolute atomic E-state index is 0.0833. The van der Waals surface area contributed by atoms with Crippen molar-refractivity contribution in [2.45, 2.75) is 263 Å². The van der Waals surface area contributed by atoms with Crippen LogP contribution >= 0.6 is 0 Å². The Labute approximate surface area is 409 Å². The molecular formula is C62H106O4. The minimum atomic E-state index is -0.0833. The smallest absolute Gasteiger partial charge is 0.126 e. The highest BCUT2D eigenvalue weighted by atomic mass is 16.6. The molecule has 0 aromatic heterocycles. The maximum atomic E-state index is 7.20. The highest BCUT2D eigenvalue weighted by molar-refractivity contribution is 5.54. The van der Waals surface area contributed by atoms with E-state index < -0.39 is 0 Å². The molecule has 2 saturated heterocycles. The molecule has 0 aliphatic carbocycles. The molecule has 0 N–H and O–H groups in total. The third-order valence-electron chi connectivity index (χ3n) is 14.6. The molecule has 0 spiro atoms. The lowest BCUT2D eigenvalue weighted by atomic mass is 9.67. The monoisotopic (exact) mass is 915 g/mol. The van der Waals surface area contributed by atoms with Crippen LogP contribution in [0.2, 0.25) is 0 Å². The van der Waals surface area contributed by atoms with Crippen LogP contribution in [-0.4, -0.2) is 38.6 Å². The van der Waals surface area contributed by atoms with Crippen LogP contribution < -0.4 is 9.47 Å². The number of hydrogen-bond donors (Lipinski definition) is 0. The summed E-state index contributed by atoms with van der Waals surface area (Å²) in [7, 11) is 0. The summed E-state index contributed by atoms with van der Waals surface area (Å²) in [5.41, 5.74) is 8.68. The van der Waals surface area contributed by atoms with Gasteiger partial charge in [-0.05, 0) is 130 Å². The summed E-state index contributed by atoms with van der Waals surface area (Å²) in [6, 6.07) is 10.3. The highest BCUT2D eigenvalue weighted by Crippen LogP contribution is 2.50. The quantitative estimate of drug-likeness (QED) is 0.0735. The van der Waals surface area contributed by atoms with Gasteiger partial charge in [0.25, 0.3) is 0 Å². The molecule has 4 atom stereocenters. The first-order valence-corrected chi connectivity index (χ1v) is 26.9. The van der Waals surface area contributed by atoms with Crippen molar-refractivity contribution in [1.29, 1.82) is 0 Å². The summed E-state index contributed by atoms with van der Waals surface area (Å²) < 4.78 is 25.9. The van der Waals surface area contributed by atoms with Crippen LogP contribution in [0.1, 0.15) is 250 Å². The SMILES string of the molecule is CCC(CCCOc1c(C(C)(C)CC(C)(C)C)cc(CCc2cc(C(C)(C)CC(C)(C)C)c(OCCCC(CC)C3CO3)c(C(C)(C)CC(C)(C)C)c2)cc1C(C)(C)CC(C)(C)C)C1CO1. The van der Waals surface area contributed by atoms with E-state index >= 15 is 0 Å². The second-order valence-corrected chi connectivity index (χ2v) is 29.1. The molecule has 2 aliphatic rings. The first-order chi connectivity index (χ1) is 30.1. The molecule has 4 nitrogen and oxygen atoms in total. The largest absolute Gasteiger partial charge is 0.493 e. The van der Waals surface area contributed by atoms with Crippen molar-refractivity contribution in [2.24, 2.45) is 33.5 Å². The number of benzene rings is 2. The second-order valence-electron chi connectivity index (χ2n) is 29.1. The van der Waals surface area contributed by atoms with Crippen molar-refractivity contribution in [2.75, 3.05) is 26.4 Å². The van der Waals surface area contributed by atoms with Crippen molar-refractivity contribution in [1.82, 2.24) is 0 Å². The normalized spacial score (nSPS) is 18.6. The first kappa shape index (κ1) is 56.5. The van der Waals surface area contributed by atoms with E-state index in [2.05, 4.69) is 177 Å². The van der Waals surface area contributed by atoms with Gasteiger partial charge in [0.15, 0.2) is 0 Å². The van der Waals surface area contributed by atoms with Crippen LogP contribution in [-0.2, 0) is 44.0 Å². The van der Waals surface area contributed by atoms with Crippen molar-refractivity contribution >= 4 is 0 Å². The predicted octanol–water partition coefficient (Wildman–Crippen LogP) is 17.5. The van der Waals surface area contributed by atoms with E-state index in [-0.39, 0.29) is 43.3 Å². The van der Waals surface area contributed by atoms with Gasteiger partial charge in [-0.3, -0.25) is 0 Å². The van der Waals surface area contributed by atoms with Crippen LogP contribution in [0.15, 0.2) is 24.3 Å². The van der Waals surface area contributed by atoms with Crippen molar-refractivity contribution < 1.29 is 18.9 Å². The van der Waals surface area contributed by atoms with Gasteiger partial charge in [0, 0.05) is 22.3 Å². The lowest BCUT2D eigenvalue weighted by molar-refractivity contribution is 0.236. The number of aryl methyl sites for hydroxylation is 2. The first-order valence-electron chi connectivity index (χ1n) is 26.9. The van der Waals surface area contributed by atoms with Gasteiger partial charge in [-0.1, -0.05) is 189 Å². The van der Waals surface area contributed by atoms with Crippen molar-refractivity contribution in [3.8, 4) is 11.5 Å². The summed E-state index contributed by atoms with van der Waals surface area (Å²) in [4.78, 5) is 0. The molecule has 0 bridgehead atoms. The Morgan fingerprint density at radius 3 is 0.879 bits per heavy atom. The molecule has 2 aromatic carbocycles. The van der Waals surface area contributed by atoms with E-state index in [0.29, 0.717) is 24.0 Å². The molecule has 2 fully saturated rings. The Balaban J connectivity index is 1.87. The van der Waals surface area contributed by atoms with Crippen molar-refractivity contribution in [3.63, 3.8) is 0 Å². The van der Waals surface area contributed by atoms with E-state index in [0.717, 1.165) is 102 Å². The molecule has 0 radical (unpaired) electrons. The second kappa shape index (κ2) is 21.5. The average molecular weight is 916 g/mol. The van der Waals surface area contributed by atoms with E-state index in [1.807, 2.05) is 0 Å². The summed E-state index contributed by atoms with van der Waals surface area (Å²) in [5, 5.41) is 0. The maximum absolute atomic E-state index is 7.20. The summed E-state index contributed by atoms with van der Waals surface area (Å²) >= 11 is 0. The summed E-state index contributed by atoms with van der Waals surface area (Å²) in [6.07, 6.45) is 13.9. The Hall–Kier alpha value is -2.04.